The average molecular weight is 430 g/mol. The van der Waals surface area contributed by atoms with Gasteiger partial charge in [0.1, 0.15) is 11.8 Å². The predicted molar refractivity (Wildman–Crippen MR) is 108 cm³/mol. The maximum absolute atomic E-state index is 11.6. The van der Waals surface area contributed by atoms with E-state index < -0.39 is 15.6 Å². The van der Waals surface area contributed by atoms with Gasteiger partial charge in [0, 0.05) is 17.9 Å². The minimum absolute atomic E-state index is 0. The zero-order valence-electron chi connectivity index (χ0n) is 17.6. The first-order valence-electron chi connectivity index (χ1n) is 8.91. The molecule has 2 rings (SSSR count). The molecule has 0 amide bonds. The number of hydrogen-bond donors (Lipinski definition) is 1. The van der Waals surface area contributed by atoms with Crippen LogP contribution in [0, 0.1) is 11.3 Å². The standard InChI is InChI=1S/C16H19N3O2S.C4H9O.K/c1-3-11-19-15(12-17)9-10-16(19)13-5-7-14(8-6-13)18-22(20,21)4-2;1-4(2,3)5;/h5-10,18H,3-4,11H2,1-2H3;1-3H3;/q;-1;+1. The molecule has 0 bridgehead atoms. The summed E-state index contributed by atoms with van der Waals surface area (Å²) in [4.78, 5) is 0. The van der Waals surface area contributed by atoms with Gasteiger partial charge in [-0.2, -0.15) is 5.26 Å². The molecule has 0 atom stereocenters. The number of nitrogens with zero attached hydrogens (tertiary/aromatic N) is 2. The summed E-state index contributed by atoms with van der Waals surface area (Å²) in [6.07, 6.45) is 0.935. The van der Waals surface area contributed by atoms with Crippen LogP contribution < -0.4 is 61.2 Å². The molecule has 2 aromatic rings. The number of benzene rings is 1. The van der Waals surface area contributed by atoms with Gasteiger partial charge in [0.05, 0.1) is 5.75 Å². The van der Waals surface area contributed by atoms with Gasteiger partial charge < -0.3 is 9.67 Å². The molecule has 1 heterocycles. The van der Waals surface area contributed by atoms with E-state index in [1.807, 2.05) is 22.8 Å². The zero-order valence-corrected chi connectivity index (χ0v) is 21.6. The molecule has 0 fully saturated rings. The van der Waals surface area contributed by atoms with Gasteiger partial charge in [0.25, 0.3) is 0 Å². The number of nitrogens with one attached hydrogen (secondary N) is 1. The molecule has 0 radical (unpaired) electrons. The van der Waals surface area contributed by atoms with Crippen molar-refractivity contribution in [2.75, 3.05) is 10.5 Å². The van der Waals surface area contributed by atoms with E-state index >= 15 is 0 Å². The van der Waals surface area contributed by atoms with E-state index in [-0.39, 0.29) is 57.1 Å². The molecule has 1 N–H and O–H groups in total. The van der Waals surface area contributed by atoms with E-state index in [0.717, 1.165) is 24.2 Å². The van der Waals surface area contributed by atoms with Crippen LogP contribution in [0.25, 0.3) is 11.3 Å². The van der Waals surface area contributed by atoms with E-state index in [0.29, 0.717) is 11.4 Å². The smallest absolute Gasteiger partial charge is 0.850 e. The summed E-state index contributed by atoms with van der Waals surface area (Å²) in [5.74, 6) is 0.0413. The molecular formula is C20H28KN3O3S. The fourth-order valence-corrected chi connectivity index (χ4v) is 2.88. The fourth-order valence-electron chi connectivity index (χ4n) is 2.24. The molecule has 0 aliphatic carbocycles. The predicted octanol–water partition coefficient (Wildman–Crippen LogP) is 0.348. The van der Waals surface area contributed by atoms with Crippen molar-refractivity contribution in [2.45, 2.75) is 53.2 Å². The van der Waals surface area contributed by atoms with E-state index in [1.165, 1.54) is 0 Å². The molecule has 28 heavy (non-hydrogen) atoms. The summed E-state index contributed by atoms with van der Waals surface area (Å²) < 4.78 is 27.6. The summed E-state index contributed by atoms with van der Waals surface area (Å²) >= 11 is 0. The van der Waals surface area contributed by atoms with E-state index in [1.54, 1.807) is 45.9 Å². The van der Waals surface area contributed by atoms with Gasteiger partial charge in [-0.25, -0.2) is 8.42 Å². The Labute approximate surface area is 211 Å². The number of nitriles is 1. The van der Waals surface area contributed by atoms with Crippen LogP contribution in [-0.2, 0) is 16.6 Å². The number of sulfonamides is 1. The maximum atomic E-state index is 11.6. The Kier molecular flexibility index (Phi) is 11.8. The average Bonchev–Trinajstić information content (AvgIpc) is 2.97. The van der Waals surface area contributed by atoms with Crippen LogP contribution in [0.15, 0.2) is 36.4 Å². The van der Waals surface area contributed by atoms with Gasteiger partial charge in [-0.1, -0.05) is 39.8 Å². The Morgan fingerprint density at radius 1 is 1.11 bits per heavy atom. The normalized spacial score (nSPS) is 10.9. The summed E-state index contributed by atoms with van der Waals surface area (Å²) in [5.41, 5.74) is 2.34. The zero-order chi connectivity index (χ0) is 20.7. The maximum Gasteiger partial charge on any atom is 1.00 e. The minimum atomic E-state index is -3.26. The monoisotopic (exact) mass is 429 g/mol. The molecular weight excluding hydrogens is 401 g/mol. The Morgan fingerprint density at radius 3 is 2.07 bits per heavy atom. The Bertz CT molecular complexity index is 871. The van der Waals surface area contributed by atoms with Crippen LogP contribution in [0.4, 0.5) is 5.69 Å². The Balaban J connectivity index is 0.00000108. The van der Waals surface area contributed by atoms with E-state index in [9.17, 15) is 13.5 Å². The second-order valence-corrected chi connectivity index (χ2v) is 9.07. The number of rotatable bonds is 6. The molecule has 8 heteroatoms. The summed E-state index contributed by atoms with van der Waals surface area (Å²) in [7, 11) is -3.26. The summed E-state index contributed by atoms with van der Waals surface area (Å²) in [5, 5.41) is 19.3. The van der Waals surface area contributed by atoms with Crippen molar-refractivity contribution in [3.05, 3.63) is 42.1 Å². The largest absolute Gasteiger partial charge is 1.00 e. The van der Waals surface area contributed by atoms with Gasteiger partial charge in [0.15, 0.2) is 0 Å². The van der Waals surface area contributed by atoms with Gasteiger partial charge in [-0.3, -0.25) is 4.72 Å². The molecule has 0 saturated carbocycles. The SMILES string of the molecule is CC(C)(C)[O-].CCCn1c(C#N)ccc1-c1ccc(NS(=O)(=O)CC)cc1.[K+]. The Morgan fingerprint density at radius 2 is 1.64 bits per heavy atom. The van der Waals surface area contributed by atoms with E-state index in [4.69, 9.17) is 5.26 Å². The second-order valence-electron chi connectivity index (χ2n) is 7.06. The molecule has 0 saturated heterocycles. The first-order valence-corrected chi connectivity index (χ1v) is 10.6. The van der Waals surface area contributed by atoms with Crippen LogP contribution in [-0.4, -0.2) is 24.3 Å². The molecule has 0 aliphatic rings. The molecule has 0 spiro atoms. The third-order valence-corrected chi connectivity index (χ3v) is 4.68. The van der Waals surface area contributed by atoms with Crippen molar-refractivity contribution in [1.29, 1.82) is 5.26 Å². The number of aromatic nitrogens is 1. The molecule has 0 aliphatic heterocycles. The van der Waals surface area contributed by atoms with Crippen molar-refractivity contribution in [2.24, 2.45) is 0 Å². The number of anilines is 1. The van der Waals surface area contributed by atoms with Crippen molar-refractivity contribution in [3.8, 4) is 17.3 Å². The second kappa shape index (κ2) is 12.1. The minimum Gasteiger partial charge on any atom is -0.850 e. The Hall–Kier alpha value is -0.664. The first kappa shape index (κ1) is 27.3. The quantitative estimate of drug-likeness (QED) is 0.670. The van der Waals surface area contributed by atoms with E-state index in [2.05, 4.69) is 17.7 Å². The van der Waals surface area contributed by atoms with Gasteiger partial charge in [-0.05, 0) is 43.2 Å². The fraction of sp³-hybridized carbons (Fsp3) is 0.450. The summed E-state index contributed by atoms with van der Waals surface area (Å²) in [6, 6.07) is 13.1. The molecule has 148 valence electrons. The van der Waals surface area contributed by atoms with Gasteiger partial charge in [-0.15, -0.1) is 5.60 Å². The number of hydrogen-bond acceptors (Lipinski definition) is 4. The third-order valence-electron chi connectivity index (χ3n) is 3.38. The van der Waals surface area contributed by atoms with Crippen LogP contribution in [0.1, 0.15) is 46.7 Å². The van der Waals surface area contributed by atoms with Crippen LogP contribution in [0.2, 0.25) is 0 Å². The van der Waals surface area contributed by atoms with Crippen molar-refractivity contribution >= 4 is 15.7 Å². The topological polar surface area (TPSA) is 97.9 Å². The van der Waals surface area contributed by atoms with Crippen LogP contribution in [0.3, 0.4) is 0 Å². The van der Waals surface area contributed by atoms with Crippen molar-refractivity contribution in [3.63, 3.8) is 0 Å². The summed E-state index contributed by atoms with van der Waals surface area (Å²) in [6.45, 7) is 9.33. The first-order chi connectivity index (χ1) is 12.5. The van der Waals surface area contributed by atoms with Crippen LogP contribution >= 0.6 is 0 Å². The van der Waals surface area contributed by atoms with Gasteiger partial charge >= 0.3 is 51.4 Å². The van der Waals surface area contributed by atoms with Crippen molar-refractivity contribution < 1.29 is 64.9 Å². The molecule has 1 aromatic carbocycles. The molecule has 1 aromatic heterocycles. The van der Waals surface area contributed by atoms with Gasteiger partial charge in [0.2, 0.25) is 10.0 Å². The van der Waals surface area contributed by atoms with Crippen LogP contribution in [0.5, 0.6) is 0 Å². The molecule has 6 nitrogen and oxygen atoms in total. The van der Waals surface area contributed by atoms with Crippen molar-refractivity contribution in [1.82, 2.24) is 4.57 Å². The third kappa shape index (κ3) is 9.70. The molecule has 0 unspecified atom stereocenters.